The third-order valence-electron chi connectivity index (χ3n) is 10.2. The van der Waals surface area contributed by atoms with Gasteiger partial charge >= 0.3 is 0 Å². The molecule has 7 aromatic rings. The molecule has 0 saturated carbocycles. The highest BCUT2D eigenvalue weighted by Gasteiger charge is 2.47. The zero-order chi connectivity index (χ0) is 33.5. The van der Waals surface area contributed by atoms with Crippen LogP contribution in [-0.4, -0.2) is 5.54 Å². The van der Waals surface area contributed by atoms with Crippen LogP contribution in [0.4, 0.5) is 45.5 Å². The number of rotatable bonds is 7. The fourth-order valence-corrected chi connectivity index (χ4v) is 7.93. The molecule has 0 aromatic heterocycles. The topological polar surface area (TPSA) is 9.72 Å². The van der Waals surface area contributed by atoms with E-state index in [2.05, 4.69) is 222 Å². The summed E-state index contributed by atoms with van der Waals surface area (Å²) in [5, 5.41) is 2.43. The van der Waals surface area contributed by atoms with Crippen LogP contribution in [0.5, 0.6) is 0 Å². The van der Waals surface area contributed by atoms with E-state index < -0.39 is 0 Å². The Labute approximate surface area is 294 Å². The van der Waals surface area contributed by atoms with Gasteiger partial charge in [-0.3, -0.25) is 0 Å². The Bertz CT molecular complexity index is 2300. The van der Waals surface area contributed by atoms with E-state index in [9.17, 15) is 0 Å². The van der Waals surface area contributed by atoms with E-state index >= 15 is 0 Å². The minimum absolute atomic E-state index is 0.207. The lowest BCUT2D eigenvalue weighted by molar-refractivity contribution is 0.542. The number of fused-ring (bicyclic) bond motifs is 4. The van der Waals surface area contributed by atoms with Crippen molar-refractivity contribution < 1.29 is 0 Å². The summed E-state index contributed by atoms with van der Waals surface area (Å²) in [6, 6.07) is 63.2. The molecule has 0 bridgehead atoms. The van der Waals surface area contributed by atoms with Gasteiger partial charge in [-0.1, -0.05) is 115 Å². The van der Waals surface area contributed by atoms with Gasteiger partial charge in [0.25, 0.3) is 0 Å². The number of nitrogens with zero attached hydrogens (tertiary/aromatic N) is 3. The molecular formula is C47H37N3. The van der Waals surface area contributed by atoms with E-state index in [-0.39, 0.29) is 11.5 Å². The molecule has 3 heteroatoms. The fourth-order valence-electron chi connectivity index (χ4n) is 7.93. The summed E-state index contributed by atoms with van der Waals surface area (Å²) >= 11 is 0. The van der Waals surface area contributed by atoms with Crippen molar-refractivity contribution in [2.75, 3.05) is 14.7 Å². The van der Waals surface area contributed by atoms with E-state index in [1.54, 1.807) is 0 Å². The second kappa shape index (κ2) is 12.3. The maximum Gasteiger partial charge on any atom is 0.0712 e. The SMILES string of the molecule is C[C@]12C=CC=CC1c1cc(N(c3ccc(N(c4ccccc4)c4ccccc4)cc3)c3cccc4ccccc34)ccc1N2c1ccccc1. The number of para-hydroxylation sites is 3. The quantitative estimate of drug-likeness (QED) is 0.171. The molecule has 1 unspecified atom stereocenters. The lowest BCUT2D eigenvalue weighted by Gasteiger charge is -2.39. The summed E-state index contributed by atoms with van der Waals surface area (Å²) in [6.07, 6.45) is 9.11. The summed E-state index contributed by atoms with van der Waals surface area (Å²) in [4.78, 5) is 7.24. The van der Waals surface area contributed by atoms with Crippen molar-refractivity contribution in [1.82, 2.24) is 0 Å². The van der Waals surface area contributed by atoms with Crippen LogP contribution in [0.2, 0.25) is 0 Å². The monoisotopic (exact) mass is 643 g/mol. The van der Waals surface area contributed by atoms with Crippen LogP contribution in [0.1, 0.15) is 18.4 Å². The normalized spacial score (nSPS) is 17.4. The van der Waals surface area contributed by atoms with Crippen molar-refractivity contribution in [2.45, 2.75) is 18.4 Å². The first kappa shape index (κ1) is 29.8. The van der Waals surface area contributed by atoms with Gasteiger partial charge in [0, 0.05) is 51.1 Å². The highest BCUT2D eigenvalue weighted by molar-refractivity contribution is 5.99. The van der Waals surface area contributed by atoms with Crippen molar-refractivity contribution in [1.29, 1.82) is 0 Å². The summed E-state index contributed by atoms with van der Waals surface area (Å²) in [7, 11) is 0. The molecule has 0 amide bonds. The lowest BCUT2D eigenvalue weighted by atomic mass is 9.80. The zero-order valence-electron chi connectivity index (χ0n) is 28.0. The van der Waals surface area contributed by atoms with E-state index in [1.165, 1.54) is 27.7 Å². The first-order chi connectivity index (χ1) is 24.7. The number of allylic oxidation sites excluding steroid dienone is 2. The molecule has 0 spiro atoms. The molecule has 1 aliphatic carbocycles. The van der Waals surface area contributed by atoms with Crippen LogP contribution in [0.3, 0.4) is 0 Å². The molecular weight excluding hydrogens is 607 g/mol. The highest BCUT2D eigenvalue weighted by atomic mass is 15.2. The maximum atomic E-state index is 2.51. The van der Waals surface area contributed by atoms with Crippen molar-refractivity contribution >= 4 is 56.3 Å². The second-order valence-electron chi connectivity index (χ2n) is 13.2. The predicted octanol–water partition coefficient (Wildman–Crippen LogP) is 12.9. The van der Waals surface area contributed by atoms with Crippen LogP contribution >= 0.6 is 0 Å². The van der Waals surface area contributed by atoms with Gasteiger partial charge in [0.1, 0.15) is 0 Å². The molecule has 0 radical (unpaired) electrons. The number of benzene rings is 7. The molecule has 50 heavy (non-hydrogen) atoms. The molecule has 3 nitrogen and oxygen atoms in total. The Morgan fingerprint density at radius 1 is 0.500 bits per heavy atom. The second-order valence-corrected chi connectivity index (χ2v) is 13.2. The van der Waals surface area contributed by atoms with Crippen molar-refractivity contribution in [2.24, 2.45) is 0 Å². The minimum atomic E-state index is -0.207. The largest absolute Gasteiger partial charge is 0.331 e. The van der Waals surface area contributed by atoms with Gasteiger partial charge in [-0.2, -0.15) is 0 Å². The van der Waals surface area contributed by atoms with Gasteiger partial charge in [-0.15, -0.1) is 0 Å². The molecule has 240 valence electrons. The van der Waals surface area contributed by atoms with Crippen molar-refractivity contribution in [3.63, 3.8) is 0 Å². The van der Waals surface area contributed by atoms with Crippen molar-refractivity contribution in [3.05, 3.63) is 206 Å². The standard InChI is InChI=1S/C47H37N3/c1-47-33-14-13-25-44(47)43-34-41(31-32-46(43)50(47)40-22-9-4-10-23-40)49(45-26-15-17-35-16-11-12-24-42(35)45)39-29-27-38(28-30-39)48(36-18-5-2-6-19-36)37-20-7-3-8-21-37/h2-34,44H,1H3/t44?,47-/m0/s1. The van der Waals surface area contributed by atoms with Crippen LogP contribution in [-0.2, 0) is 0 Å². The first-order valence-corrected chi connectivity index (χ1v) is 17.3. The molecule has 2 atom stereocenters. The van der Waals surface area contributed by atoms with Crippen LogP contribution in [0, 0.1) is 0 Å². The molecule has 0 fully saturated rings. The molecule has 1 aliphatic heterocycles. The van der Waals surface area contributed by atoms with E-state index in [0.717, 1.165) is 34.1 Å². The molecule has 9 rings (SSSR count). The maximum absolute atomic E-state index is 2.51. The third-order valence-corrected chi connectivity index (χ3v) is 10.2. The third kappa shape index (κ3) is 4.98. The summed E-state index contributed by atoms with van der Waals surface area (Å²) in [5.41, 5.74) is 10.3. The molecule has 0 saturated heterocycles. The summed E-state index contributed by atoms with van der Waals surface area (Å²) in [6.45, 7) is 2.36. The summed E-state index contributed by atoms with van der Waals surface area (Å²) in [5.74, 6) is 0.213. The number of hydrogen-bond acceptors (Lipinski definition) is 3. The Hall–Kier alpha value is -6.32. The minimum Gasteiger partial charge on any atom is -0.331 e. The average Bonchev–Trinajstić information content (AvgIpc) is 3.44. The number of hydrogen-bond donors (Lipinski definition) is 0. The Kier molecular flexibility index (Phi) is 7.32. The van der Waals surface area contributed by atoms with Gasteiger partial charge in [0.15, 0.2) is 0 Å². The van der Waals surface area contributed by atoms with Crippen LogP contribution < -0.4 is 14.7 Å². The predicted molar refractivity (Wildman–Crippen MR) is 211 cm³/mol. The van der Waals surface area contributed by atoms with Crippen LogP contribution in [0.15, 0.2) is 200 Å². The van der Waals surface area contributed by atoms with Gasteiger partial charge in [-0.05, 0) is 103 Å². The Morgan fingerprint density at radius 2 is 1.06 bits per heavy atom. The van der Waals surface area contributed by atoms with Gasteiger partial charge in [0.05, 0.1) is 11.2 Å². The van der Waals surface area contributed by atoms with Crippen LogP contribution in [0.25, 0.3) is 10.8 Å². The molecule has 2 aliphatic rings. The first-order valence-electron chi connectivity index (χ1n) is 17.3. The van der Waals surface area contributed by atoms with Gasteiger partial charge < -0.3 is 14.7 Å². The van der Waals surface area contributed by atoms with E-state index in [1.807, 2.05) is 0 Å². The van der Waals surface area contributed by atoms with E-state index in [4.69, 9.17) is 0 Å². The van der Waals surface area contributed by atoms with Gasteiger partial charge in [0.2, 0.25) is 0 Å². The molecule has 7 aromatic carbocycles. The number of anilines is 8. The smallest absolute Gasteiger partial charge is 0.0712 e. The molecule has 1 heterocycles. The molecule has 0 N–H and O–H groups in total. The highest BCUT2D eigenvalue weighted by Crippen LogP contribution is 2.55. The van der Waals surface area contributed by atoms with E-state index in [0.29, 0.717) is 0 Å². The summed E-state index contributed by atoms with van der Waals surface area (Å²) < 4.78 is 0. The fraction of sp³-hybridized carbons (Fsp3) is 0.0638. The lowest BCUT2D eigenvalue weighted by Crippen LogP contribution is -2.41. The van der Waals surface area contributed by atoms with Gasteiger partial charge in [-0.25, -0.2) is 0 Å². The average molecular weight is 644 g/mol. The Balaban J connectivity index is 1.20. The zero-order valence-corrected chi connectivity index (χ0v) is 28.0. The Morgan fingerprint density at radius 3 is 1.76 bits per heavy atom. The van der Waals surface area contributed by atoms with Crippen molar-refractivity contribution in [3.8, 4) is 0 Å².